The van der Waals surface area contributed by atoms with Crippen molar-refractivity contribution in [2.75, 3.05) is 19.7 Å². The molecule has 1 rings (SSSR count). The molecule has 0 radical (unpaired) electrons. The number of ether oxygens (including phenoxy) is 1. The summed E-state index contributed by atoms with van der Waals surface area (Å²) in [6, 6.07) is -1.16. The first-order valence-corrected chi connectivity index (χ1v) is 7.35. The maximum Gasteiger partial charge on any atom is 0.326 e. The fourth-order valence-corrected chi connectivity index (χ4v) is 2.28. The van der Waals surface area contributed by atoms with Crippen LogP contribution >= 0.6 is 0 Å². The van der Waals surface area contributed by atoms with Crippen LogP contribution in [0.5, 0.6) is 0 Å². The van der Waals surface area contributed by atoms with E-state index in [1.54, 1.807) is 18.7 Å². The highest BCUT2D eigenvalue weighted by Gasteiger charge is 2.29. The van der Waals surface area contributed by atoms with Gasteiger partial charge in [-0.3, -0.25) is 0 Å². The van der Waals surface area contributed by atoms with Crippen LogP contribution in [-0.2, 0) is 9.53 Å². The number of likely N-dealkylation sites (tertiary alicyclic amines) is 1. The molecule has 0 spiro atoms. The van der Waals surface area contributed by atoms with E-state index in [2.05, 4.69) is 5.32 Å². The minimum atomic E-state index is -0.996. The van der Waals surface area contributed by atoms with E-state index in [-0.39, 0.29) is 18.1 Å². The Hall–Kier alpha value is -1.30. The van der Waals surface area contributed by atoms with Crippen LogP contribution in [0.25, 0.3) is 0 Å². The molecule has 1 saturated heterocycles. The van der Waals surface area contributed by atoms with Gasteiger partial charge >= 0.3 is 12.0 Å². The van der Waals surface area contributed by atoms with Crippen molar-refractivity contribution < 1.29 is 19.4 Å². The predicted molar refractivity (Wildman–Crippen MR) is 75.6 cm³/mol. The zero-order chi connectivity index (χ0) is 15.1. The summed E-state index contributed by atoms with van der Waals surface area (Å²) in [5.74, 6) is -1.14. The topological polar surface area (TPSA) is 78.9 Å². The van der Waals surface area contributed by atoms with Gasteiger partial charge < -0.3 is 20.1 Å². The number of amides is 2. The maximum atomic E-state index is 12.1. The monoisotopic (exact) mass is 286 g/mol. The normalized spacial score (nSPS) is 20.8. The number of nitrogens with one attached hydrogen (secondary N) is 1. The zero-order valence-electron chi connectivity index (χ0n) is 12.6. The van der Waals surface area contributed by atoms with Gasteiger partial charge in [0.15, 0.2) is 0 Å². The fourth-order valence-electron chi connectivity index (χ4n) is 2.28. The predicted octanol–water partition coefficient (Wildman–Crippen LogP) is 1.70. The van der Waals surface area contributed by atoms with Gasteiger partial charge in [0.05, 0.1) is 6.10 Å². The lowest BCUT2D eigenvalue weighted by Crippen LogP contribution is -2.53. The number of urea groups is 1. The number of piperidine rings is 1. The second-order valence-electron chi connectivity index (χ2n) is 5.59. The van der Waals surface area contributed by atoms with E-state index in [1.165, 1.54) is 0 Å². The molecule has 2 amide bonds. The number of carbonyl (C=O) groups excluding carboxylic acids is 1. The van der Waals surface area contributed by atoms with Gasteiger partial charge in [0.2, 0.25) is 0 Å². The van der Waals surface area contributed by atoms with Crippen molar-refractivity contribution in [1.29, 1.82) is 0 Å². The van der Waals surface area contributed by atoms with Crippen molar-refractivity contribution in [1.82, 2.24) is 10.2 Å². The number of hydrogen-bond donors (Lipinski definition) is 2. The van der Waals surface area contributed by atoms with Gasteiger partial charge in [0.1, 0.15) is 6.04 Å². The van der Waals surface area contributed by atoms with Gasteiger partial charge in [0.25, 0.3) is 0 Å². The van der Waals surface area contributed by atoms with Crippen LogP contribution in [0, 0.1) is 5.92 Å². The molecule has 6 nitrogen and oxygen atoms in total. The standard InChI is InChI=1S/C14H26N2O4/c1-4-8-20-11-6-5-7-16(9-11)14(19)15-12(10(2)3)13(17)18/h10-12H,4-9H2,1-3H3,(H,15,19)(H,17,18). The molecule has 1 heterocycles. The molecule has 0 aliphatic carbocycles. The number of carboxylic acids is 1. The zero-order valence-corrected chi connectivity index (χ0v) is 12.6. The van der Waals surface area contributed by atoms with Crippen molar-refractivity contribution >= 4 is 12.0 Å². The van der Waals surface area contributed by atoms with Crippen molar-refractivity contribution in [3.05, 3.63) is 0 Å². The lowest BCUT2D eigenvalue weighted by molar-refractivity contribution is -0.140. The molecular formula is C14H26N2O4. The lowest BCUT2D eigenvalue weighted by atomic mass is 10.0. The SMILES string of the molecule is CCCOC1CCCN(C(=O)NC(C(=O)O)C(C)C)C1. The van der Waals surface area contributed by atoms with Crippen LogP contribution in [0.3, 0.4) is 0 Å². The maximum absolute atomic E-state index is 12.1. The molecule has 0 aromatic rings. The van der Waals surface area contributed by atoms with Crippen molar-refractivity contribution in [2.45, 2.75) is 52.2 Å². The largest absolute Gasteiger partial charge is 0.480 e. The summed E-state index contributed by atoms with van der Waals surface area (Å²) in [5, 5.41) is 11.7. The molecular weight excluding hydrogens is 260 g/mol. The Kier molecular flexibility index (Phi) is 6.78. The smallest absolute Gasteiger partial charge is 0.326 e. The van der Waals surface area contributed by atoms with Crippen LogP contribution in [0.15, 0.2) is 0 Å². The summed E-state index contributed by atoms with van der Waals surface area (Å²) >= 11 is 0. The van der Waals surface area contributed by atoms with Gasteiger partial charge in [-0.2, -0.15) is 0 Å². The van der Waals surface area contributed by atoms with Crippen molar-refractivity contribution in [2.24, 2.45) is 5.92 Å². The molecule has 0 aromatic carbocycles. The summed E-state index contributed by atoms with van der Waals surface area (Å²) in [6.07, 6.45) is 2.87. The third kappa shape index (κ3) is 5.00. The fraction of sp³-hybridized carbons (Fsp3) is 0.857. The first-order valence-electron chi connectivity index (χ1n) is 7.35. The Morgan fingerprint density at radius 1 is 1.45 bits per heavy atom. The van der Waals surface area contributed by atoms with E-state index in [4.69, 9.17) is 9.84 Å². The first-order chi connectivity index (χ1) is 9.45. The Morgan fingerprint density at radius 2 is 2.15 bits per heavy atom. The summed E-state index contributed by atoms with van der Waals surface area (Å²) in [4.78, 5) is 24.9. The van der Waals surface area contributed by atoms with Crippen LogP contribution in [0.4, 0.5) is 4.79 Å². The molecule has 116 valence electrons. The van der Waals surface area contributed by atoms with Crippen LogP contribution < -0.4 is 5.32 Å². The number of hydrogen-bond acceptors (Lipinski definition) is 3. The van der Waals surface area contributed by atoms with Gasteiger partial charge in [0, 0.05) is 19.7 Å². The van der Waals surface area contributed by atoms with Gasteiger partial charge in [-0.15, -0.1) is 0 Å². The summed E-state index contributed by atoms with van der Waals surface area (Å²) < 4.78 is 5.67. The number of carboxylic acid groups (broad SMARTS) is 1. The molecule has 2 N–H and O–H groups in total. The quantitative estimate of drug-likeness (QED) is 0.779. The highest BCUT2D eigenvalue weighted by molar-refractivity contribution is 5.82. The first kappa shape index (κ1) is 16.8. The minimum Gasteiger partial charge on any atom is -0.480 e. The van der Waals surface area contributed by atoms with Crippen molar-refractivity contribution in [3.8, 4) is 0 Å². The van der Waals surface area contributed by atoms with E-state index in [0.717, 1.165) is 19.3 Å². The summed E-state index contributed by atoms with van der Waals surface area (Å²) in [6.45, 7) is 7.50. The average Bonchev–Trinajstić information content (AvgIpc) is 2.41. The highest BCUT2D eigenvalue weighted by atomic mass is 16.5. The van der Waals surface area contributed by atoms with Gasteiger partial charge in [-0.1, -0.05) is 20.8 Å². The highest BCUT2D eigenvalue weighted by Crippen LogP contribution is 2.14. The van der Waals surface area contributed by atoms with E-state index in [1.807, 2.05) is 6.92 Å². The molecule has 2 unspecified atom stereocenters. The van der Waals surface area contributed by atoms with Crippen molar-refractivity contribution in [3.63, 3.8) is 0 Å². The minimum absolute atomic E-state index is 0.0665. The van der Waals surface area contributed by atoms with Crippen LogP contribution in [-0.4, -0.2) is 53.8 Å². The number of aliphatic carboxylic acids is 1. The molecule has 2 atom stereocenters. The van der Waals surface area contributed by atoms with E-state index in [0.29, 0.717) is 19.7 Å². The molecule has 20 heavy (non-hydrogen) atoms. The summed E-state index contributed by atoms with van der Waals surface area (Å²) in [7, 11) is 0. The Bertz CT molecular complexity index is 333. The average molecular weight is 286 g/mol. The van der Waals surface area contributed by atoms with Gasteiger partial charge in [-0.25, -0.2) is 9.59 Å². The molecule has 0 aromatic heterocycles. The van der Waals surface area contributed by atoms with E-state index in [9.17, 15) is 9.59 Å². The summed E-state index contributed by atoms with van der Waals surface area (Å²) in [5.41, 5.74) is 0. The number of rotatable bonds is 6. The second-order valence-corrected chi connectivity index (χ2v) is 5.59. The number of carbonyl (C=O) groups is 2. The van der Waals surface area contributed by atoms with E-state index >= 15 is 0 Å². The van der Waals surface area contributed by atoms with Crippen LogP contribution in [0.1, 0.15) is 40.0 Å². The lowest BCUT2D eigenvalue weighted by Gasteiger charge is -2.33. The number of nitrogens with zero attached hydrogens (tertiary/aromatic N) is 1. The third-order valence-corrected chi connectivity index (χ3v) is 3.43. The van der Waals surface area contributed by atoms with Gasteiger partial charge in [-0.05, 0) is 25.2 Å². The van der Waals surface area contributed by atoms with E-state index < -0.39 is 12.0 Å². The molecule has 0 saturated carbocycles. The Balaban J connectivity index is 2.51. The molecule has 1 aliphatic rings. The third-order valence-electron chi connectivity index (χ3n) is 3.43. The molecule has 1 aliphatic heterocycles. The second kappa shape index (κ2) is 8.09. The molecule has 6 heteroatoms. The Labute approximate surface area is 120 Å². The Morgan fingerprint density at radius 3 is 2.70 bits per heavy atom. The molecule has 0 bridgehead atoms. The molecule has 1 fully saturated rings. The van der Waals surface area contributed by atoms with Crippen LogP contribution in [0.2, 0.25) is 0 Å².